The lowest BCUT2D eigenvalue weighted by atomic mass is 10.2. The van der Waals surface area contributed by atoms with Crippen molar-refractivity contribution < 1.29 is 4.79 Å². The molecule has 1 aliphatic heterocycles. The molecule has 1 amide bonds. The Labute approximate surface area is 207 Å². The fraction of sp³-hybridized carbons (Fsp3) is 0.810. The summed E-state index contributed by atoms with van der Waals surface area (Å²) in [4.78, 5) is 18.6. The maximum Gasteiger partial charge on any atom is 0.222 e. The average Bonchev–Trinajstić information content (AvgIpc) is 3.50. The summed E-state index contributed by atoms with van der Waals surface area (Å²) in [5, 5.41) is 16.8. The van der Waals surface area contributed by atoms with Gasteiger partial charge >= 0.3 is 0 Å². The van der Waals surface area contributed by atoms with E-state index in [4.69, 9.17) is 4.99 Å². The van der Waals surface area contributed by atoms with Crippen LogP contribution in [0.1, 0.15) is 70.7 Å². The zero-order valence-corrected chi connectivity index (χ0v) is 22.2. The fourth-order valence-corrected chi connectivity index (χ4v) is 4.99. The molecule has 31 heavy (non-hydrogen) atoms. The molecule has 2 N–H and O–H groups in total. The zero-order chi connectivity index (χ0) is 21.3. The lowest BCUT2D eigenvalue weighted by Gasteiger charge is -2.18. The minimum Gasteiger partial charge on any atom is -0.357 e. The second kappa shape index (κ2) is 13.5. The Kier molecular flexibility index (Phi) is 11.4. The molecule has 176 valence electrons. The highest BCUT2D eigenvalue weighted by Crippen LogP contribution is 2.33. The lowest BCUT2D eigenvalue weighted by Crippen LogP contribution is -2.45. The van der Waals surface area contributed by atoms with E-state index in [1.54, 1.807) is 11.8 Å². The van der Waals surface area contributed by atoms with Gasteiger partial charge < -0.3 is 20.1 Å². The smallest absolute Gasteiger partial charge is 0.222 e. The van der Waals surface area contributed by atoms with Crippen LogP contribution < -0.4 is 10.6 Å². The number of hydrogen-bond acceptors (Lipinski definition) is 5. The first-order valence-corrected chi connectivity index (χ1v) is 12.7. The van der Waals surface area contributed by atoms with Gasteiger partial charge in [-0.25, -0.2) is 0 Å². The van der Waals surface area contributed by atoms with Crippen LogP contribution in [-0.2, 0) is 11.2 Å². The van der Waals surface area contributed by atoms with Crippen LogP contribution in [0.3, 0.4) is 0 Å². The molecular weight excluding hydrogens is 525 g/mol. The third kappa shape index (κ3) is 7.23. The zero-order valence-electron chi connectivity index (χ0n) is 19.1. The van der Waals surface area contributed by atoms with Gasteiger partial charge in [-0.3, -0.25) is 9.79 Å². The molecule has 1 aliphatic carbocycles. The summed E-state index contributed by atoms with van der Waals surface area (Å²) in [5.74, 6) is 2.18. The van der Waals surface area contributed by atoms with Gasteiger partial charge in [0.1, 0.15) is 5.82 Å². The number of nitrogens with one attached hydrogen (secondary N) is 2. The van der Waals surface area contributed by atoms with Crippen molar-refractivity contribution in [3.63, 3.8) is 0 Å². The van der Waals surface area contributed by atoms with E-state index in [0.29, 0.717) is 12.5 Å². The lowest BCUT2D eigenvalue weighted by molar-refractivity contribution is -0.129. The number of aliphatic imine (C=N–C) groups is 1. The SMILES string of the molecule is CCNC(=NCCCc1nnc(SC)n1C1CCCC1)NC1CCN(C(=O)CC)C1.I. The Bertz CT molecular complexity index is 721. The number of carbonyl (C=O) groups excluding carboxylic acids is 1. The number of rotatable bonds is 9. The molecule has 1 aromatic rings. The quantitative estimate of drug-likeness (QED) is 0.158. The van der Waals surface area contributed by atoms with Crippen molar-refractivity contribution in [2.75, 3.05) is 32.4 Å². The largest absolute Gasteiger partial charge is 0.357 e. The average molecular weight is 564 g/mol. The van der Waals surface area contributed by atoms with Crippen molar-refractivity contribution in [3.8, 4) is 0 Å². The van der Waals surface area contributed by atoms with Crippen LogP contribution in [0.25, 0.3) is 0 Å². The standard InChI is InChI=1S/C21H37N7OS.HI/c1-4-19(29)27-14-12-16(15-27)24-20(22-5-2)23-13-8-11-18-25-26-21(30-3)28(18)17-9-6-7-10-17;/h16-17H,4-15H2,1-3H3,(H2,22,23,24);1H. The molecule has 2 fully saturated rings. The van der Waals surface area contributed by atoms with Crippen molar-refractivity contribution in [1.29, 1.82) is 0 Å². The highest BCUT2D eigenvalue weighted by Gasteiger charge is 2.26. The van der Waals surface area contributed by atoms with E-state index in [2.05, 4.69) is 38.6 Å². The van der Waals surface area contributed by atoms with Crippen molar-refractivity contribution in [2.24, 2.45) is 4.99 Å². The Morgan fingerprint density at radius 2 is 2.00 bits per heavy atom. The summed E-state index contributed by atoms with van der Waals surface area (Å²) in [6.45, 7) is 7.16. The molecule has 1 unspecified atom stereocenters. The molecule has 2 heterocycles. The van der Waals surface area contributed by atoms with Gasteiger partial charge in [-0.2, -0.15) is 0 Å². The predicted molar refractivity (Wildman–Crippen MR) is 137 cm³/mol. The minimum absolute atomic E-state index is 0. The molecule has 10 heteroatoms. The van der Waals surface area contributed by atoms with Gasteiger partial charge in [-0.1, -0.05) is 31.5 Å². The molecular formula is C21H38IN7OS. The second-order valence-corrected chi connectivity index (χ2v) is 8.87. The number of hydrogen-bond donors (Lipinski definition) is 2. The topological polar surface area (TPSA) is 87.4 Å². The van der Waals surface area contributed by atoms with Crippen LogP contribution in [0.2, 0.25) is 0 Å². The van der Waals surface area contributed by atoms with Gasteiger partial charge in [0.15, 0.2) is 11.1 Å². The van der Waals surface area contributed by atoms with Gasteiger partial charge in [0, 0.05) is 51.1 Å². The summed E-state index contributed by atoms with van der Waals surface area (Å²) < 4.78 is 2.38. The van der Waals surface area contributed by atoms with E-state index in [-0.39, 0.29) is 35.9 Å². The van der Waals surface area contributed by atoms with E-state index in [1.807, 2.05) is 11.8 Å². The van der Waals surface area contributed by atoms with Crippen LogP contribution in [0.5, 0.6) is 0 Å². The van der Waals surface area contributed by atoms with E-state index in [9.17, 15) is 4.79 Å². The van der Waals surface area contributed by atoms with E-state index in [1.165, 1.54) is 25.7 Å². The van der Waals surface area contributed by atoms with Crippen molar-refractivity contribution in [3.05, 3.63) is 5.82 Å². The van der Waals surface area contributed by atoms with E-state index in [0.717, 1.165) is 62.4 Å². The number of likely N-dealkylation sites (tertiary alicyclic amines) is 1. The number of guanidine groups is 1. The summed E-state index contributed by atoms with van der Waals surface area (Å²) >= 11 is 1.69. The molecule has 1 atom stereocenters. The predicted octanol–water partition coefficient (Wildman–Crippen LogP) is 3.23. The van der Waals surface area contributed by atoms with Gasteiger partial charge in [0.25, 0.3) is 0 Å². The van der Waals surface area contributed by atoms with Gasteiger partial charge in [0.05, 0.1) is 0 Å². The number of carbonyl (C=O) groups is 1. The first kappa shape index (κ1) is 26.2. The van der Waals surface area contributed by atoms with Crippen LogP contribution >= 0.6 is 35.7 Å². The molecule has 0 aromatic carbocycles. The van der Waals surface area contributed by atoms with Crippen molar-refractivity contribution in [1.82, 2.24) is 30.3 Å². The molecule has 8 nitrogen and oxygen atoms in total. The molecule has 2 aliphatic rings. The fourth-order valence-electron chi connectivity index (χ4n) is 4.42. The van der Waals surface area contributed by atoms with E-state index >= 15 is 0 Å². The van der Waals surface area contributed by atoms with Crippen LogP contribution in [-0.4, -0.2) is 70.0 Å². The van der Waals surface area contributed by atoms with Crippen LogP contribution in [0, 0.1) is 0 Å². The van der Waals surface area contributed by atoms with Crippen molar-refractivity contribution >= 4 is 47.6 Å². The summed E-state index contributed by atoms with van der Waals surface area (Å²) in [7, 11) is 0. The Balaban J connectivity index is 0.00000341. The Morgan fingerprint density at radius 1 is 1.23 bits per heavy atom. The van der Waals surface area contributed by atoms with Crippen LogP contribution in [0.4, 0.5) is 0 Å². The van der Waals surface area contributed by atoms with Crippen LogP contribution in [0.15, 0.2) is 10.1 Å². The summed E-state index contributed by atoms with van der Waals surface area (Å²) in [5.41, 5.74) is 0. The molecule has 3 rings (SSSR count). The molecule has 1 aromatic heterocycles. The maximum absolute atomic E-state index is 11.9. The molecule has 1 saturated carbocycles. The first-order valence-electron chi connectivity index (χ1n) is 11.5. The molecule has 0 bridgehead atoms. The number of aromatic nitrogens is 3. The van der Waals surface area contributed by atoms with E-state index < -0.39 is 0 Å². The minimum atomic E-state index is 0. The summed E-state index contributed by atoms with van der Waals surface area (Å²) in [6, 6.07) is 0.837. The Hall–Kier alpha value is -1.04. The molecule has 0 spiro atoms. The number of aryl methyl sites for hydroxylation is 1. The van der Waals surface area contributed by atoms with Gasteiger partial charge in [-0.05, 0) is 38.9 Å². The first-order chi connectivity index (χ1) is 14.7. The second-order valence-electron chi connectivity index (χ2n) is 8.10. The normalized spacial score (nSPS) is 19.5. The van der Waals surface area contributed by atoms with Gasteiger partial charge in [0.2, 0.25) is 5.91 Å². The number of halogens is 1. The highest BCUT2D eigenvalue weighted by atomic mass is 127. The number of thioether (sulfide) groups is 1. The molecule has 1 saturated heterocycles. The monoisotopic (exact) mass is 563 g/mol. The third-order valence-electron chi connectivity index (χ3n) is 5.96. The Morgan fingerprint density at radius 3 is 2.68 bits per heavy atom. The maximum atomic E-state index is 11.9. The molecule has 0 radical (unpaired) electrons. The summed E-state index contributed by atoms with van der Waals surface area (Å²) in [6.07, 6.45) is 10.6. The number of amides is 1. The number of nitrogens with zero attached hydrogens (tertiary/aromatic N) is 5. The van der Waals surface area contributed by atoms with Crippen molar-refractivity contribution in [2.45, 2.75) is 82.5 Å². The van der Waals surface area contributed by atoms with Gasteiger partial charge in [-0.15, -0.1) is 34.2 Å². The third-order valence-corrected chi connectivity index (χ3v) is 6.61. The highest BCUT2D eigenvalue weighted by molar-refractivity contribution is 14.0.